The number of methoxy groups -OCH3 is 1. The highest BCUT2D eigenvalue weighted by atomic mass is 16.5. The van der Waals surface area contributed by atoms with E-state index in [9.17, 15) is 9.59 Å². The summed E-state index contributed by atoms with van der Waals surface area (Å²) in [5, 5.41) is 2.85. The molecule has 1 N–H and O–H groups in total. The largest absolute Gasteiger partial charge is 0.495 e. The molecule has 0 aliphatic rings. The van der Waals surface area contributed by atoms with Crippen LogP contribution in [0.25, 0.3) is 0 Å². The number of nitrogens with zero attached hydrogens (tertiary/aromatic N) is 1. The van der Waals surface area contributed by atoms with Crippen LogP contribution in [0.2, 0.25) is 0 Å². The Balaban J connectivity index is 2.12. The van der Waals surface area contributed by atoms with Gasteiger partial charge in [-0.25, -0.2) is 0 Å². The van der Waals surface area contributed by atoms with E-state index in [1.807, 2.05) is 37.3 Å². The number of nitrogens with one attached hydrogen (secondary N) is 1. The van der Waals surface area contributed by atoms with Crippen LogP contribution in [0.1, 0.15) is 31.4 Å². The molecule has 0 saturated heterocycles. The minimum Gasteiger partial charge on any atom is -0.495 e. The van der Waals surface area contributed by atoms with Crippen molar-refractivity contribution in [2.45, 2.75) is 33.6 Å². The van der Waals surface area contributed by atoms with Crippen molar-refractivity contribution in [1.29, 1.82) is 0 Å². The maximum Gasteiger partial charge on any atom is 0.226 e. The number of hydrogen-bond acceptors (Lipinski definition) is 3. The number of amides is 2. The van der Waals surface area contributed by atoms with Crippen molar-refractivity contribution in [3.8, 4) is 5.75 Å². The normalized spacial score (nSPS) is 10.3. The number of anilines is 2. The molecule has 0 saturated carbocycles. The van der Waals surface area contributed by atoms with Gasteiger partial charge in [-0.2, -0.15) is 0 Å². The van der Waals surface area contributed by atoms with Gasteiger partial charge in [0.25, 0.3) is 0 Å². The summed E-state index contributed by atoms with van der Waals surface area (Å²) in [6, 6.07) is 13.3. The van der Waals surface area contributed by atoms with Gasteiger partial charge in [-0.3, -0.25) is 9.59 Å². The molecule has 0 fully saturated rings. The second-order valence-electron chi connectivity index (χ2n) is 6.11. The minimum atomic E-state index is -0.160. The highest BCUT2D eigenvalue weighted by Gasteiger charge is 2.18. The van der Waals surface area contributed by atoms with Gasteiger partial charge in [0.15, 0.2) is 0 Å². The van der Waals surface area contributed by atoms with Gasteiger partial charge in [-0.15, -0.1) is 0 Å². The summed E-state index contributed by atoms with van der Waals surface area (Å²) >= 11 is 0. The molecule has 0 unspecified atom stereocenters. The first-order valence-electron chi connectivity index (χ1n) is 8.77. The Morgan fingerprint density at radius 1 is 1.12 bits per heavy atom. The van der Waals surface area contributed by atoms with Crippen LogP contribution in [-0.4, -0.2) is 25.5 Å². The Labute approximate surface area is 155 Å². The quantitative estimate of drug-likeness (QED) is 0.819. The summed E-state index contributed by atoms with van der Waals surface area (Å²) in [6.45, 7) is 5.91. The van der Waals surface area contributed by atoms with Gasteiger partial charge < -0.3 is 15.0 Å². The molecule has 2 rings (SSSR count). The predicted octanol–water partition coefficient (Wildman–Crippen LogP) is 3.95. The van der Waals surface area contributed by atoms with Crippen LogP contribution in [0.3, 0.4) is 0 Å². The lowest BCUT2D eigenvalue weighted by Crippen LogP contribution is -2.33. The van der Waals surface area contributed by atoms with E-state index in [2.05, 4.69) is 12.2 Å². The van der Waals surface area contributed by atoms with Crippen LogP contribution in [0.4, 0.5) is 11.4 Å². The second kappa shape index (κ2) is 9.04. The number of para-hydroxylation sites is 3. The first-order valence-corrected chi connectivity index (χ1v) is 8.77. The molecular formula is C21H26N2O3. The van der Waals surface area contributed by atoms with Gasteiger partial charge >= 0.3 is 0 Å². The average Bonchev–Trinajstić information content (AvgIpc) is 2.63. The number of carbonyl (C=O) groups excluding carboxylic acids is 2. The van der Waals surface area contributed by atoms with E-state index >= 15 is 0 Å². The fourth-order valence-electron chi connectivity index (χ4n) is 2.99. The third-order valence-electron chi connectivity index (χ3n) is 4.30. The third-order valence-corrected chi connectivity index (χ3v) is 4.30. The molecule has 0 heterocycles. The summed E-state index contributed by atoms with van der Waals surface area (Å²) in [7, 11) is 1.56. The van der Waals surface area contributed by atoms with Crippen molar-refractivity contribution < 1.29 is 14.3 Å². The van der Waals surface area contributed by atoms with Gasteiger partial charge in [0.05, 0.1) is 12.8 Å². The molecule has 2 aromatic carbocycles. The Kier molecular flexibility index (Phi) is 6.78. The van der Waals surface area contributed by atoms with Gasteiger partial charge in [0.1, 0.15) is 5.75 Å². The molecule has 0 radical (unpaired) electrons. The van der Waals surface area contributed by atoms with Gasteiger partial charge in [0.2, 0.25) is 11.8 Å². The van der Waals surface area contributed by atoms with Gasteiger partial charge in [-0.1, -0.05) is 37.3 Å². The van der Waals surface area contributed by atoms with Crippen LogP contribution in [0.15, 0.2) is 42.5 Å². The highest BCUT2D eigenvalue weighted by Crippen LogP contribution is 2.27. The molecule has 5 heteroatoms. The van der Waals surface area contributed by atoms with E-state index in [1.165, 1.54) is 6.92 Å². The molecule has 2 amide bonds. The average molecular weight is 354 g/mol. The third kappa shape index (κ3) is 4.63. The van der Waals surface area contributed by atoms with Gasteiger partial charge in [0, 0.05) is 25.6 Å². The van der Waals surface area contributed by atoms with E-state index in [-0.39, 0.29) is 18.2 Å². The lowest BCUT2D eigenvalue weighted by molar-refractivity contribution is -0.117. The van der Waals surface area contributed by atoms with Crippen molar-refractivity contribution in [3.63, 3.8) is 0 Å². The Morgan fingerprint density at radius 2 is 1.85 bits per heavy atom. The molecule has 0 atom stereocenters. The molecule has 2 aromatic rings. The number of ether oxygens (including phenoxy) is 1. The minimum absolute atomic E-state index is 0.0703. The van der Waals surface area contributed by atoms with Crippen molar-refractivity contribution in [2.75, 3.05) is 23.9 Å². The monoisotopic (exact) mass is 354 g/mol. The van der Waals surface area contributed by atoms with E-state index < -0.39 is 0 Å². The number of carbonyl (C=O) groups is 2. The molecule has 0 aliphatic carbocycles. The summed E-state index contributed by atoms with van der Waals surface area (Å²) in [4.78, 5) is 26.3. The van der Waals surface area contributed by atoms with Crippen LogP contribution in [-0.2, 0) is 16.0 Å². The Bertz CT molecular complexity index is 787. The number of rotatable bonds is 7. The zero-order valence-corrected chi connectivity index (χ0v) is 15.8. The maximum atomic E-state index is 12.4. The van der Waals surface area contributed by atoms with E-state index in [1.54, 1.807) is 24.1 Å². The SMILES string of the molecule is CCc1cccc(C)c1N(CCC(=O)Nc1ccccc1OC)C(C)=O. The Morgan fingerprint density at radius 3 is 2.50 bits per heavy atom. The fraction of sp³-hybridized carbons (Fsp3) is 0.333. The number of benzene rings is 2. The zero-order chi connectivity index (χ0) is 19.1. The second-order valence-corrected chi connectivity index (χ2v) is 6.11. The summed E-state index contributed by atoms with van der Waals surface area (Å²) in [5.41, 5.74) is 3.67. The lowest BCUT2D eigenvalue weighted by atomic mass is 10.0. The van der Waals surface area contributed by atoms with Crippen LogP contribution in [0.5, 0.6) is 5.75 Å². The topological polar surface area (TPSA) is 58.6 Å². The first-order chi connectivity index (χ1) is 12.5. The standard InChI is InChI=1S/C21H26N2O3/c1-5-17-10-8-9-15(2)21(17)23(16(3)24)14-13-20(25)22-18-11-6-7-12-19(18)26-4/h6-12H,5,13-14H2,1-4H3,(H,22,25). The van der Waals surface area contributed by atoms with Crippen LogP contribution >= 0.6 is 0 Å². The highest BCUT2D eigenvalue weighted by molar-refractivity contribution is 5.96. The fourth-order valence-corrected chi connectivity index (χ4v) is 2.99. The van der Waals surface area contributed by atoms with Crippen LogP contribution < -0.4 is 15.0 Å². The summed E-state index contributed by atoms with van der Waals surface area (Å²) < 4.78 is 5.25. The van der Waals surface area contributed by atoms with E-state index in [4.69, 9.17) is 4.74 Å². The number of aryl methyl sites for hydroxylation is 2. The van der Waals surface area contributed by atoms with Crippen molar-refractivity contribution >= 4 is 23.2 Å². The van der Waals surface area contributed by atoms with Crippen molar-refractivity contribution in [1.82, 2.24) is 0 Å². The first kappa shape index (κ1) is 19.5. The lowest BCUT2D eigenvalue weighted by Gasteiger charge is -2.25. The van der Waals surface area contributed by atoms with Crippen molar-refractivity contribution in [2.24, 2.45) is 0 Å². The van der Waals surface area contributed by atoms with E-state index in [0.717, 1.165) is 23.2 Å². The predicted molar refractivity (Wildman–Crippen MR) is 105 cm³/mol. The molecule has 0 aromatic heterocycles. The van der Waals surface area contributed by atoms with Crippen LogP contribution in [0, 0.1) is 6.92 Å². The molecule has 0 bridgehead atoms. The maximum absolute atomic E-state index is 12.4. The summed E-state index contributed by atoms with van der Waals surface area (Å²) in [6.07, 6.45) is 1.03. The van der Waals surface area contributed by atoms with E-state index in [0.29, 0.717) is 18.0 Å². The van der Waals surface area contributed by atoms with Crippen molar-refractivity contribution in [3.05, 3.63) is 53.6 Å². The molecule has 0 spiro atoms. The molecule has 0 aliphatic heterocycles. The molecule has 5 nitrogen and oxygen atoms in total. The molecule has 26 heavy (non-hydrogen) atoms. The summed E-state index contributed by atoms with van der Waals surface area (Å²) in [5.74, 6) is 0.378. The zero-order valence-electron chi connectivity index (χ0n) is 15.8. The molecule has 138 valence electrons. The number of hydrogen-bond donors (Lipinski definition) is 1. The smallest absolute Gasteiger partial charge is 0.226 e. The Hall–Kier alpha value is -2.82. The van der Waals surface area contributed by atoms with Gasteiger partial charge in [-0.05, 0) is 36.6 Å². The molecular weight excluding hydrogens is 328 g/mol.